The first-order valence-electron chi connectivity index (χ1n) is 7.59. The molecular formula is C17H18ClNO4S. The van der Waals surface area contributed by atoms with Gasteiger partial charge in [0.2, 0.25) is 10.0 Å². The molecule has 0 saturated heterocycles. The van der Waals surface area contributed by atoms with Gasteiger partial charge in [-0.3, -0.25) is 0 Å². The Bertz CT molecular complexity index is 823. The van der Waals surface area contributed by atoms with E-state index in [-0.39, 0.29) is 18.0 Å². The molecule has 0 fully saturated rings. The molecule has 0 amide bonds. The van der Waals surface area contributed by atoms with Crippen LogP contribution in [0.2, 0.25) is 5.02 Å². The smallest absolute Gasteiger partial charge is 0.243 e. The van der Waals surface area contributed by atoms with Crippen LogP contribution in [0.3, 0.4) is 0 Å². The fraction of sp³-hybridized carbons (Fsp3) is 0.294. The topological polar surface area (TPSA) is 77.8 Å². The third-order valence-corrected chi connectivity index (χ3v) is 6.49. The van der Waals surface area contributed by atoms with Gasteiger partial charge in [-0.2, -0.15) is 4.31 Å². The molecule has 2 aromatic rings. The highest BCUT2D eigenvalue weighted by Gasteiger charge is 2.43. The lowest BCUT2D eigenvalue weighted by atomic mass is 9.95. The van der Waals surface area contributed by atoms with Crippen LogP contribution in [0.25, 0.3) is 0 Å². The Labute approximate surface area is 146 Å². The van der Waals surface area contributed by atoms with Crippen LogP contribution >= 0.6 is 11.6 Å². The number of hydrogen-bond donors (Lipinski definition) is 2. The molecule has 0 radical (unpaired) electrons. The van der Waals surface area contributed by atoms with Gasteiger partial charge in [0.15, 0.2) is 0 Å². The molecule has 128 valence electrons. The van der Waals surface area contributed by atoms with Crippen molar-refractivity contribution in [3.8, 4) is 0 Å². The molecule has 0 spiro atoms. The molecule has 1 aliphatic rings. The summed E-state index contributed by atoms with van der Waals surface area (Å²) >= 11 is 5.88. The van der Waals surface area contributed by atoms with Crippen LogP contribution in [0, 0.1) is 0 Å². The number of sulfonamides is 1. The lowest BCUT2D eigenvalue weighted by Gasteiger charge is -2.39. The summed E-state index contributed by atoms with van der Waals surface area (Å²) in [5.74, 6) is 0. The summed E-state index contributed by atoms with van der Waals surface area (Å²) in [6.07, 6.45) is -0.640. The van der Waals surface area contributed by atoms with Crippen LogP contribution in [0.1, 0.15) is 17.2 Å². The average molecular weight is 368 g/mol. The molecule has 7 heteroatoms. The van der Waals surface area contributed by atoms with E-state index in [0.717, 1.165) is 5.56 Å². The van der Waals surface area contributed by atoms with E-state index in [2.05, 4.69) is 0 Å². The van der Waals surface area contributed by atoms with Gasteiger partial charge in [-0.15, -0.1) is 0 Å². The molecule has 24 heavy (non-hydrogen) atoms. The van der Waals surface area contributed by atoms with Gasteiger partial charge in [0, 0.05) is 17.1 Å². The molecule has 0 saturated carbocycles. The molecule has 0 aliphatic carbocycles. The van der Waals surface area contributed by atoms with Crippen molar-refractivity contribution in [3.63, 3.8) is 0 Å². The molecule has 0 aromatic heterocycles. The third kappa shape index (κ3) is 3.08. The number of benzene rings is 2. The molecule has 2 atom stereocenters. The van der Waals surface area contributed by atoms with E-state index in [1.807, 2.05) is 0 Å². The van der Waals surface area contributed by atoms with Crippen molar-refractivity contribution in [2.45, 2.75) is 23.5 Å². The maximum Gasteiger partial charge on any atom is 0.243 e. The first-order valence-corrected chi connectivity index (χ1v) is 9.41. The quantitative estimate of drug-likeness (QED) is 0.866. The van der Waals surface area contributed by atoms with E-state index in [1.165, 1.54) is 10.4 Å². The van der Waals surface area contributed by atoms with Crippen LogP contribution in [-0.2, 0) is 16.4 Å². The summed E-state index contributed by atoms with van der Waals surface area (Å²) in [6, 6.07) is 12.8. The third-order valence-electron chi connectivity index (χ3n) is 4.24. The van der Waals surface area contributed by atoms with E-state index in [1.54, 1.807) is 42.5 Å². The summed E-state index contributed by atoms with van der Waals surface area (Å²) in [4.78, 5) is 0.0957. The van der Waals surface area contributed by atoms with Gasteiger partial charge in [0.25, 0.3) is 0 Å². The van der Waals surface area contributed by atoms with E-state index < -0.39 is 22.2 Å². The van der Waals surface area contributed by atoms with Crippen molar-refractivity contribution >= 4 is 21.6 Å². The van der Waals surface area contributed by atoms with Crippen LogP contribution in [-0.4, -0.2) is 42.1 Å². The molecule has 3 rings (SSSR count). The van der Waals surface area contributed by atoms with Crippen molar-refractivity contribution in [2.24, 2.45) is 0 Å². The Morgan fingerprint density at radius 1 is 1.08 bits per heavy atom. The molecular weight excluding hydrogens is 350 g/mol. The van der Waals surface area contributed by atoms with Crippen molar-refractivity contribution < 1.29 is 18.6 Å². The fourth-order valence-electron chi connectivity index (χ4n) is 3.09. The standard InChI is InChI=1S/C17H18ClNO4S/c18-13-7-5-12(6-8-13)11-15-17(21)14-3-1-2-4-16(14)24(22,23)19(15)9-10-20/h1-8,15,17,20-21H,9-11H2/t15-,17+/m1/s1. The van der Waals surface area contributed by atoms with E-state index in [0.29, 0.717) is 17.0 Å². The molecule has 2 N–H and O–H groups in total. The average Bonchev–Trinajstić information content (AvgIpc) is 2.58. The van der Waals surface area contributed by atoms with E-state index in [9.17, 15) is 18.6 Å². The number of β-amino-alcohol motifs (C(OH)–C–C–N with tert-alkyl or cyclic N) is 1. The minimum absolute atomic E-state index is 0.0635. The Hall–Kier alpha value is -1.44. The Morgan fingerprint density at radius 3 is 2.42 bits per heavy atom. The fourth-order valence-corrected chi connectivity index (χ4v) is 5.07. The Kier molecular flexibility index (Phi) is 4.94. The normalized spacial score (nSPS) is 23.0. The van der Waals surface area contributed by atoms with Crippen LogP contribution < -0.4 is 0 Å². The van der Waals surface area contributed by atoms with Gasteiger partial charge in [-0.05, 0) is 30.2 Å². The second-order valence-corrected chi connectivity index (χ2v) is 8.02. The number of aliphatic hydroxyl groups excluding tert-OH is 2. The number of fused-ring (bicyclic) bond motifs is 1. The van der Waals surface area contributed by atoms with E-state index >= 15 is 0 Å². The molecule has 5 nitrogen and oxygen atoms in total. The Morgan fingerprint density at radius 2 is 1.75 bits per heavy atom. The molecule has 1 aliphatic heterocycles. The van der Waals surface area contributed by atoms with Crippen molar-refractivity contribution in [1.29, 1.82) is 0 Å². The molecule has 0 unspecified atom stereocenters. The number of aliphatic hydroxyl groups is 2. The van der Waals surface area contributed by atoms with Crippen LogP contribution in [0.4, 0.5) is 0 Å². The molecule has 0 bridgehead atoms. The van der Waals surface area contributed by atoms with Gasteiger partial charge in [-0.25, -0.2) is 8.42 Å². The van der Waals surface area contributed by atoms with Gasteiger partial charge in [0.05, 0.1) is 23.6 Å². The highest BCUT2D eigenvalue weighted by Crippen LogP contribution is 2.37. The Balaban J connectivity index is 2.04. The maximum absolute atomic E-state index is 12.9. The number of halogens is 1. The van der Waals surface area contributed by atoms with Crippen LogP contribution in [0.15, 0.2) is 53.4 Å². The lowest BCUT2D eigenvalue weighted by molar-refractivity contribution is 0.0725. The zero-order valence-electron chi connectivity index (χ0n) is 12.8. The summed E-state index contributed by atoms with van der Waals surface area (Å²) in [7, 11) is -3.77. The zero-order chi connectivity index (χ0) is 17.3. The summed E-state index contributed by atoms with van der Waals surface area (Å²) in [5.41, 5.74) is 1.26. The summed E-state index contributed by atoms with van der Waals surface area (Å²) < 4.78 is 26.9. The first kappa shape index (κ1) is 17.4. The summed E-state index contributed by atoms with van der Waals surface area (Å²) in [5, 5.41) is 20.6. The minimum Gasteiger partial charge on any atom is -0.395 e. The van der Waals surface area contributed by atoms with Gasteiger partial charge in [0.1, 0.15) is 0 Å². The number of hydrogen-bond acceptors (Lipinski definition) is 4. The van der Waals surface area contributed by atoms with Crippen molar-refractivity contribution in [3.05, 3.63) is 64.7 Å². The number of nitrogens with zero attached hydrogens (tertiary/aromatic N) is 1. The second kappa shape index (κ2) is 6.82. The van der Waals surface area contributed by atoms with Gasteiger partial charge < -0.3 is 10.2 Å². The van der Waals surface area contributed by atoms with Crippen molar-refractivity contribution in [2.75, 3.05) is 13.2 Å². The number of rotatable bonds is 4. The predicted molar refractivity (Wildman–Crippen MR) is 91.3 cm³/mol. The van der Waals surface area contributed by atoms with Gasteiger partial charge >= 0.3 is 0 Å². The van der Waals surface area contributed by atoms with Crippen LogP contribution in [0.5, 0.6) is 0 Å². The minimum atomic E-state index is -3.77. The van der Waals surface area contributed by atoms with Gasteiger partial charge in [-0.1, -0.05) is 41.9 Å². The highest BCUT2D eigenvalue weighted by atomic mass is 35.5. The first-order chi connectivity index (χ1) is 11.4. The maximum atomic E-state index is 12.9. The largest absolute Gasteiger partial charge is 0.395 e. The predicted octanol–water partition coefficient (Wildman–Crippen LogP) is 1.98. The lowest BCUT2D eigenvalue weighted by Crippen LogP contribution is -2.50. The highest BCUT2D eigenvalue weighted by molar-refractivity contribution is 7.89. The SMILES string of the molecule is O=S1(=O)c2ccccc2[C@H](O)[C@@H](Cc2ccc(Cl)cc2)N1CCO. The summed E-state index contributed by atoms with van der Waals surface area (Å²) in [6.45, 7) is -0.378. The monoisotopic (exact) mass is 367 g/mol. The van der Waals surface area contributed by atoms with Crippen molar-refractivity contribution in [1.82, 2.24) is 4.31 Å². The van der Waals surface area contributed by atoms with E-state index in [4.69, 9.17) is 11.6 Å². The molecule has 2 aromatic carbocycles. The molecule has 1 heterocycles. The zero-order valence-corrected chi connectivity index (χ0v) is 14.4. The second-order valence-electron chi connectivity index (χ2n) is 5.72.